The Bertz CT molecular complexity index is 1230. The first kappa shape index (κ1) is 24.2. The molecular weight excluding hydrogens is 506 g/mol. The molecule has 0 aromatic carbocycles. The van der Waals surface area contributed by atoms with Crippen molar-refractivity contribution < 1.29 is 34.2 Å². The summed E-state index contributed by atoms with van der Waals surface area (Å²) in [7, 11) is 1.65. The third kappa shape index (κ3) is 4.97. The van der Waals surface area contributed by atoms with Crippen molar-refractivity contribution in [2.24, 2.45) is 12.2 Å². The molecule has 4 heterocycles. The van der Waals surface area contributed by atoms with E-state index in [4.69, 9.17) is 5.11 Å². The first-order valence-corrected chi connectivity index (χ1v) is 11.8. The number of H-pyrrole nitrogens is 1. The van der Waals surface area contributed by atoms with Crippen LogP contribution in [0.5, 0.6) is 0 Å². The van der Waals surface area contributed by atoms with Gasteiger partial charge in [-0.15, -0.1) is 16.9 Å². The van der Waals surface area contributed by atoms with Crippen LogP contribution in [0.15, 0.2) is 33.8 Å². The van der Waals surface area contributed by atoms with Crippen LogP contribution >= 0.6 is 23.5 Å². The second-order valence-corrected chi connectivity index (χ2v) is 9.12. The molecule has 1 fully saturated rings. The third-order valence-electron chi connectivity index (χ3n) is 4.81. The molecule has 184 valence electrons. The Balaban J connectivity index is 1.48. The van der Waals surface area contributed by atoms with Gasteiger partial charge in [0.2, 0.25) is 11.8 Å². The maximum atomic E-state index is 12.9. The van der Waals surface area contributed by atoms with Gasteiger partial charge >= 0.3 is 11.9 Å². The standard InChI is InChI=1S/C17H17N9O7S2/c1-25-17(21-23-24-25)35-6-7-5-34-15-11(14(30)26(15)12(7)16(31)32)19-13(29)10(8-2-3-18-20-8)22-33-4-9(27)28/h2-3,11,15H,4-6H2,1H3,(H,18,20)(H,19,29)(H,27,28)(H,31,32). The Kier molecular flexibility index (Phi) is 7.01. The van der Waals surface area contributed by atoms with Crippen LogP contribution in [0, 0.1) is 0 Å². The predicted octanol–water partition coefficient (Wildman–Crippen LogP) is -1.73. The van der Waals surface area contributed by atoms with E-state index in [1.807, 2.05) is 0 Å². The van der Waals surface area contributed by atoms with E-state index >= 15 is 0 Å². The summed E-state index contributed by atoms with van der Waals surface area (Å²) in [4.78, 5) is 54.2. The lowest BCUT2D eigenvalue weighted by Gasteiger charge is -2.49. The molecule has 2 unspecified atom stereocenters. The molecule has 35 heavy (non-hydrogen) atoms. The number of carboxylic acids is 2. The Morgan fingerprint density at radius 3 is 2.83 bits per heavy atom. The van der Waals surface area contributed by atoms with Crippen LogP contribution in [0.25, 0.3) is 0 Å². The van der Waals surface area contributed by atoms with Gasteiger partial charge in [-0.1, -0.05) is 16.9 Å². The summed E-state index contributed by atoms with van der Waals surface area (Å²) >= 11 is 2.53. The van der Waals surface area contributed by atoms with Crippen molar-refractivity contribution in [1.29, 1.82) is 0 Å². The summed E-state index contributed by atoms with van der Waals surface area (Å²) in [6.45, 7) is -0.780. The zero-order chi connectivity index (χ0) is 25.1. The summed E-state index contributed by atoms with van der Waals surface area (Å²) in [5.74, 6) is -3.42. The Morgan fingerprint density at radius 1 is 1.40 bits per heavy atom. The number of β-lactam (4-membered cyclic amide) rings is 1. The number of amides is 2. The normalized spacial score (nSPS) is 19.7. The first-order valence-electron chi connectivity index (χ1n) is 9.75. The average molecular weight is 524 g/mol. The summed E-state index contributed by atoms with van der Waals surface area (Å²) in [6.07, 6.45) is 1.35. The van der Waals surface area contributed by atoms with E-state index in [9.17, 15) is 24.3 Å². The number of aliphatic carboxylic acids is 2. The molecule has 2 amide bonds. The number of tetrazole rings is 1. The summed E-state index contributed by atoms with van der Waals surface area (Å²) in [5.41, 5.74) is 0.196. The van der Waals surface area contributed by atoms with Gasteiger partial charge in [0, 0.05) is 24.8 Å². The smallest absolute Gasteiger partial charge is 0.352 e. The molecule has 0 bridgehead atoms. The molecule has 0 spiro atoms. The van der Waals surface area contributed by atoms with E-state index in [-0.39, 0.29) is 22.9 Å². The highest BCUT2D eigenvalue weighted by Gasteiger charge is 2.54. The van der Waals surface area contributed by atoms with E-state index in [1.165, 1.54) is 40.5 Å². The zero-order valence-corrected chi connectivity index (χ0v) is 19.4. The average Bonchev–Trinajstić information content (AvgIpc) is 3.49. The van der Waals surface area contributed by atoms with E-state index in [1.54, 1.807) is 7.05 Å². The quantitative estimate of drug-likeness (QED) is 0.118. The first-order chi connectivity index (χ1) is 16.8. The number of aryl methyl sites for hydroxylation is 1. The Labute approximate surface area is 204 Å². The number of thioether (sulfide) groups is 2. The molecule has 2 atom stereocenters. The highest BCUT2D eigenvalue weighted by Crippen LogP contribution is 2.41. The van der Waals surface area contributed by atoms with Gasteiger partial charge < -0.3 is 20.4 Å². The predicted molar refractivity (Wildman–Crippen MR) is 118 cm³/mol. The number of aromatic amines is 1. The number of carboxylic acid groups (broad SMARTS) is 2. The van der Waals surface area contributed by atoms with Crippen molar-refractivity contribution >= 4 is 53.0 Å². The van der Waals surface area contributed by atoms with Crippen LogP contribution < -0.4 is 5.32 Å². The highest BCUT2D eigenvalue weighted by molar-refractivity contribution is 8.01. The van der Waals surface area contributed by atoms with Crippen LogP contribution in [0.2, 0.25) is 0 Å². The van der Waals surface area contributed by atoms with E-state index in [0.717, 1.165) is 4.90 Å². The van der Waals surface area contributed by atoms with Gasteiger partial charge in [-0.05, 0) is 22.1 Å². The zero-order valence-electron chi connectivity index (χ0n) is 17.8. The van der Waals surface area contributed by atoms with Crippen molar-refractivity contribution in [1.82, 2.24) is 40.6 Å². The minimum absolute atomic E-state index is 0.136. The fourth-order valence-corrected chi connectivity index (χ4v) is 5.59. The monoisotopic (exact) mass is 523 g/mol. The number of aromatic nitrogens is 6. The van der Waals surface area contributed by atoms with E-state index < -0.39 is 41.8 Å². The molecule has 18 heteroatoms. The van der Waals surface area contributed by atoms with E-state index in [0.29, 0.717) is 16.5 Å². The van der Waals surface area contributed by atoms with E-state index in [2.05, 4.69) is 41.0 Å². The van der Waals surface area contributed by atoms with Gasteiger partial charge in [0.1, 0.15) is 17.1 Å². The molecule has 4 rings (SSSR count). The fraction of sp³-hybridized carbons (Fsp3) is 0.353. The highest BCUT2D eigenvalue weighted by atomic mass is 32.2. The Hall–Kier alpha value is -3.93. The van der Waals surface area contributed by atoms with Gasteiger partial charge in [0.25, 0.3) is 11.8 Å². The van der Waals surface area contributed by atoms with Crippen LogP contribution in [0.1, 0.15) is 5.69 Å². The van der Waals surface area contributed by atoms with Crippen molar-refractivity contribution in [2.45, 2.75) is 16.6 Å². The van der Waals surface area contributed by atoms with Crippen molar-refractivity contribution in [2.75, 3.05) is 18.1 Å². The number of carbonyl (C=O) groups is 4. The summed E-state index contributed by atoms with van der Waals surface area (Å²) < 4.78 is 1.45. The Morgan fingerprint density at radius 2 is 2.20 bits per heavy atom. The molecule has 2 aromatic rings. The van der Waals surface area contributed by atoms with Crippen molar-refractivity contribution in [3.63, 3.8) is 0 Å². The number of hydrogen-bond acceptors (Lipinski definition) is 12. The van der Waals surface area contributed by atoms with Crippen molar-refractivity contribution in [3.05, 3.63) is 29.2 Å². The summed E-state index contributed by atoms with van der Waals surface area (Å²) in [6, 6.07) is 0.390. The number of nitrogens with zero attached hydrogens (tertiary/aromatic N) is 7. The van der Waals surface area contributed by atoms with Gasteiger partial charge in [-0.3, -0.25) is 19.6 Å². The number of fused-ring (bicyclic) bond motifs is 1. The van der Waals surface area contributed by atoms with Gasteiger partial charge in [-0.2, -0.15) is 5.10 Å². The number of nitrogens with one attached hydrogen (secondary N) is 2. The number of carbonyl (C=O) groups excluding carboxylic acids is 2. The van der Waals surface area contributed by atoms with Gasteiger partial charge in [-0.25, -0.2) is 14.3 Å². The SMILES string of the molecule is Cn1nnnc1SCC1=C(C(=O)O)N2C(=O)C(NC(=O)C(=NOCC(=O)O)c3ccn[nH]3)C2SC1. The molecule has 4 N–H and O–H groups in total. The maximum Gasteiger partial charge on any atom is 0.352 e. The molecule has 0 aliphatic carbocycles. The number of oxime groups is 1. The topological polar surface area (TPSA) is 218 Å². The number of rotatable bonds is 10. The maximum absolute atomic E-state index is 12.9. The van der Waals surface area contributed by atoms with Crippen LogP contribution in [-0.2, 0) is 31.1 Å². The second kappa shape index (κ2) is 10.1. The molecular formula is C17H17N9O7S2. The largest absolute Gasteiger partial charge is 0.479 e. The lowest BCUT2D eigenvalue weighted by atomic mass is 10.0. The van der Waals surface area contributed by atoms with Crippen molar-refractivity contribution in [3.8, 4) is 0 Å². The minimum Gasteiger partial charge on any atom is -0.479 e. The fourth-order valence-electron chi connectivity index (χ4n) is 3.25. The molecule has 2 aromatic heterocycles. The van der Waals surface area contributed by atoms with Crippen LogP contribution in [0.3, 0.4) is 0 Å². The lowest BCUT2D eigenvalue weighted by Crippen LogP contribution is -2.71. The number of hydrogen-bond donors (Lipinski definition) is 4. The minimum atomic E-state index is -1.29. The molecule has 0 radical (unpaired) electrons. The van der Waals surface area contributed by atoms with Gasteiger partial charge in [0.15, 0.2) is 5.71 Å². The molecule has 0 saturated carbocycles. The third-order valence-corrected chi connectivity index (χ3v) is 7.24. The molecule has 2 aliphatic heterocycles. The van der Waals surface area contributed by atoms with Crippen LogP contribution in [-0.4, -0.2) is 105 Å². The second-order valence-electron chi connectivity index (χ2n) is 7.07. The van der Waals surface area contributed by atoms with Crippen LogP contribution in [0.4, 0.5) is 0 Å². The lowest BCUT2D eigenvalue weighted by molar-refractivity contribution is -0.150. The van der Waals surface area contributed by atoms with Gasteiger partial charge in [0.05, 0.1) is 5.69 Å². The molecule has 1 saturated heterocycles. The summed E-state index contributed by atoms with van der Waals surface area (Å²) in [5, 5.41) is 41.8. The molecule has 16 nitrogen and oxygen atoms in total. The molecule has 2 aliphatic rings.